The second-order valence-corrected chi connectivity index (χ2v) is 6.61. The second-order valence-electron chi connectivity index (χ2n) is 5.69. The minimum absolute atomic E-state index is 0.269. The predicted octanol–water partition coefficient (Wildman–Crippen LogP) is 4.56. The van der Waals surface area contributed by atoms with Crippen molar-refractivity contribution in [3.8, 4) is 0 Å². The van der Waals surface area contributed by atoms with Crippen LogP contribution in [0, 0.1) is 6.92 Å². The summed E-state index contributed by atoms with van der Waals surface area (Å²) in [6.07, 6.45) is 3.44. The molecule has 0 bridgehead atoms. The molecule has 0 aliphatic heterocycles. The predicted molar refractivity (Wildman–Crippen MR) is 85.0 cm³/mol. The van der Waals surface area contributed by atoms with Crippen molar-refractivity contribution in [2.24, 2.45) is 0 Å². The number of hydrogen-bond acceptors (Lipinski definition) is 2. The minimum Gasteiger partial charge on any atom is -0.465 e. The van der Waals surface area contributed by atoms with E-state index in [1.165, 1.54) is 22.0 Å². The first-order valence-electron chi connectivity index (χ1n) is 7.21. The first kappa shape index (κ1) is 13.9. The molecule has 1 aromatic carbocycles. The molecule has 106 valence electrons. The molecule has 0 saturated heterocycles. The maximum atomic E-state index is 5.70. The normalized spacial score (nSPS) is 19.6. The Labute approximate surface area is 128 Å². The van der Waals surface area contributed by atoms with Crippen molar-refractivity contribution in [2.75, 3.05) is 0 Å². The number of fused-ring (bicyclic) bond motifs is 1. The molecule has 0 amide bonds. The zero-order valence-corrected chi connectivity index (χ0v) is 13.5. The van der Waals surface area contributed by atoms with Crippen LogP contribution in [0.3, 0.4) is 0 Å². The van der Waals surface area contributed by atoms with E-state index in [1.807, 2.05) is 13.0 Å². The third-order valence-corrected chi connectivity index (χ3v) is 4.56. The summed E-state index contributed by atoms with van der Waals surface area (Å²) in [5, 5.41) is 3.70. The number of furan rings is 1. The van der Waals surface area contributed by atoms with E-state index >= 15 is 0 Å². The summed E-state index contributed by atoms with van der Waals surface area (Å²) >= 11 is 3.55. The van der Waals surface area contributed by atoms with Gasteiger partial charge in [0.1, 0.15) is 11.5 Å². The lowest BCUT2D eigenvalue weighted by Gasteiger charge is -2.28. The number of aryl methyl sites for hydroxylation is 2. The van der Waals surface area contributed by atoms with E-state index in [0.29, 0.717) is 6.04 Å². The molecule has 0 spiro atoms. The Hall–Kier alpha value is -1.06. The van der Waals surface area contributed by atoms with Crippen molar-refractivity contribution < 1.29 is 4.42 Å². The van der Waals surface area contributed by atoms with Gasteiger partial charge in [-0.25, -0.2) is 0 Å². The summed E-state index contributed by atoms with van der Waals surface area (Å²) in [5.74, 6) is 2.01. The summed E-state index contributed by atoms with van der Waals surface area (Å²) in [4.78, 5) is 0. The molecule has 2 nitrogen and oxygen atoms in total. The van der Waals surface area contributed by atoms with E-state index in [9.17, 15) is 0 Å². The Morgan fingerprint density at radius 2 is 2.10 bits per heavy atom. The summed E-state index contributed by atoms with van der Waals surface area (Å²) in [5.41, 5.74) is 2.96. The molecular weight excluding hydrogens is 314 g/mol. The van der Waals surface area contributed by atoms with E-state index in [1.54, 1.807) is 0 Å². The quantitative estimate of drug-likeness (QED) is 0.890. The fourth-order valence-electron chi connectivity index (χ4n) is 2.99. The SMILES string of the molecule is Cc1ccc(C(C)NC2CCc3cc(Br)ccc3C2)o1. The first-order chi connectivity index (χ1) is 9.61. The van der Waals surface area contributed by atoms with E-state index < -0.39 is 0 Å². The van der Waals surface area contributed by atoms with Crippen LogP contribution in [0.5, 0.6) is 0 Å². The average molecular weight is 334 g/mol. The van der Waals surface area contributed by atoms with E-state index in [0.717, 1.165) is 24.4 Å². The van der Waals surface area contributed by atoms with Crippen molar-refractivity contribution in [3.63, 3.8) is 0 Å². The Bertz CT molecular complexity index is 605. The van der Waals surface area contributed by atoms with Crippen LogP contribution in [0.25, 0.3) is 0 Å². The van der Waals surface area contributed by atoms with Gasteiger partial charge in [-0.1, -0.05) is 22.0 Å². The summed E-state index contributed by atoms with van der Waals surface area (Å²) in [6.45, 7) is 4.17. The molecule has 2 aromatic rings. The van der Waals surface area contributed by atoms with Gasteiger partial charge in [-0.15, -0.1) is 0 Å². The molecule has 1 aliphatic rings. The van der Waals surface area contributed by atoms with E-state index in [-0.39, 0.29) is 6.04 Å². The lowest BCUT2D eigenvalue weighted by atomic mass is 9.88. The van der Waals surface area contributed by atoms with Crippen LogP contribution >= 0.6 is 15.9 Å². The highest BCUT2D eigenvalue weighted by molar-refractivity contribution is 9.10. The minimum atomic E-state index is 0.269. The largest absolute Gasteiger partial charge is 0.465 e. The molecule has 3 rings (SSSR count). The van der Waals surface area contributed by atoms with Gasteiger partial charge in [-0.2, -0.15) is 0 Å². The fraction of sp³-hybridized carbons (Fsp3) is 0.412. The van der Waals surface area contributed by atoms with Gasteiger partial charge >= 0.3 is 0 Å². The van der Waals surface area contributed by atoms with Crippen LogP contribution in [0.2, 0.25) is 0 Å². The standard InChI is InChI=1S/C17H20BrNO/c1-11-3-8-17(20-11)12(2)19-16-7-5-13-9-15(18)6-4-14(13)10-16/h3-4,6,8-9,12,16,19H,5,7,10H2,1-2H3. The summed E-state index contributed by atoms with van der Waals surface area (Å²) in [6, 6.07) is 11.5. The van der Waals surface area contributed by atoms with Crippen LogP contribution in [0.1, 0.15) is 42.0 Å². The number of rotatable bonds is 3. The molecule has 2 unspecified atom stereocenters. The summed E-state index contributed by atoms with van der Waals surface area (Å²) in [7, 11) is 0. The Balaban J connectivity index is 1.67. The van der Waals surface area contributed by atoms with E-state index in [4.69, 9.17) is 4.42 Å². The Kier molecular flexibility index (Phi) is 3.99. The zero-order valence-electron chi connectivity index (χ0n) is 11.9. The molecule has 1 aromatic heterocycles. The van der Waals surface area contributed by atoms with E-state index in [2.05, 4.69) is 52.4 Å². The maximum Gasteiger partial charge on any atom is 0.120 e. The van der Waals surface area contributed by atoms with Gasteiger partial charge in [0.05, 0.1) is 6.04 Å². The van der Waals surface area contributed by atoms with Gasteiger partial charge in [0.15, 0.2) is 0 Å². The lowest BCUT2D eigenvalue weighted by molar-refractivity contribution is 0.360. The molecule has 0 fully saturated rings. The highest BCUT2D eigenvalue weighted by atomic mass is 79.9. The molecule has 1 N–H and O–H groups in total. The molecule has 0 saturated carbocycles. The fourth-order valence-corrected chi connectivity index (χ4v) is 3.40. The van der Waals surface area contributed by atoms with Crippen molar-refractivity contribution in [3.05, 3.63) is 57.5 Å². The van der Waals surface area contributed by atoms with Gasteiger partial charge in [-0.05, 0) is 68.5 Å². The van der Waals surface area contributed by atoms with Crippen molar-refractivity contribution in [1.82, 2.24) is 5.32 Å². The molecule has 3 heteroatoms. The first-order valence-corrected chi connectivity index (χ1v) is 8.01. The molecule has 1 heterocycles. The van der Waals surface area contributed by atoms with Gasteiger partial charge in [0, 0.05) is 10.5 Å². The third-order valence-electron chi connectivity index (χ3n) is 4.07. The smallest absolute Gasteiger partial charge is 0.120 e. The number of benzene rings is 1. The number of hydrogen-bond donors (Lipinski definition) is 1. The van der Waals surface area contributed by atoms with Crippen molar-refractivity contribution in [1.29, 1.82) is 0 Å². The molecular formula is C17H20BrNO. The number of halogens is 1. The van der Waals surface area contributed by atoms with Gasteiger partial charge in [-0.3, -0.25) is 0 Å². The molecule has 20 heavy (non-hydrogen) atoms. The molecule has 0 radical (unpaired) electrons. The van der Waals surface area contributed by atoms with Crippen LogP contribution < -0.4 is 5.32 Å². The molecule has 2 atom stereocenters. The lowest BCUT2D eigenvalue weighted by Crippen LogP contribution is -2.36. The third kappa shape index (κ3) is 2.99. The highest BCUT2D eigenvalue weighted by Crippen LogP contribution is 2.26. The monoisotopic (exact) mass is 333 g/mol. The molecule has 1 aliphatic carbocycles. The van der Waals surface area contributed by atoms with Crippen LogP contribution in [0.4, 0.5) is 0 Å². The Morgan fingerprint density at radius 3 is 2.85 bits per heavy atom. The van der Waals surface area contributed by atoms with Gasteiger partial charge < -0.3 is 9.73 Å². The highest BCUT2D eigenvalue weighted by Gasteiger charge is 2.21. The van der Waals surface area contributed by atoms with Crippen molar-refractivity contribution in [2.45, 2.75) is 45.2 Å². The van der Waals surface area contributed by atoms with Crippen molar-refractivity contribution >= 4 is 15.9 Å². The van der Waals surface area contributed by atoms with Gasteiger partial charge in [0.25, 0.3) is 0 Å². The van der Waals surface area contributed by atoms with Crippen LogP contribution in [-0.2, 0) is 12.8 Å². The second kappa shape index (κ2) is 5.74. The topological polar surface area (TPSA) is 25.2 Å². The Morgan fingerprint density at radius 1 is 1.25 bits per heavy atom. The van der Waals surface area contributed by atoms with Crippen LogP contribution in [-0.4, -0.2) is 6.04 Å². The zero-order chi connectivity index (χ0) is 14.1. The summed E-state index contributed by atoms with van der Waals surface area (Å²) < 4.78 is 6.89. The average Bonchev–Trinajstić information content (AvgIpc) is 2.86. The van der Waals surface area contributed by atoms with Gasteiger partial charge in [0.2, 0.25) is 0 Å². The van der Waals surface area contributed by atoms with Crippen LogP contribution in [0.15, 0.2) is 39.2 Å². The maximum absolute atomic E-state index is 5.70. The number of nitrogens with one attached hydrogen (secondary N) is 1.